The molecule has 1 aliphatic carbocycles. The van der Waals surface area contributed by atoms with Gasteiger partial charge in [0.2, 0.25) is 5.91 Å². The monoisotopic (exact) mass is 399 g/mol. The van der Waals surface area contributed by atoms with Crippen LogP contribution in [0, 0.1) is 5.41 Å². The quantitative estimate of drug-likeness (QED) is 0.578. The molecule has 1 aromatic carbocycles. The number of aliphatic hydroxyl groups is 1. The van der Waals surface area contributed by atoms with E-state index in [1.54, 1.807) is 12.1 Å². The molecular formula is C24H33NO4. The van der Waals surface area contributed by atoms with Gasteiger partial charge in [-0.05, 0) is 61.6 Å². The molecule has 29 heavy (non-hydrogen) atoms. The molecule has 0 bridgehead atoms. The Hall–Kier alpha value is -2.14. The number of carbonyl (C=O) groups excluding carboxylic acids is 1. The van der Waals surface area contributed by atoms with E-state index in [1.807, 2.05) is 17.0 Å². The second-order valence-electron chi connectivity index (χ2n) is 8.59. The second kappa shape index (κ2) is 9.57. The fraction of sp³-hybridized carbons (Fsp3) is 0.583. The zero-order valence-corrected chi connectivity index (χ0v) is 17.3. The Balaban J connectivity index is 1.53. The summed E-state index contributed by atoms with van der Waals surface area (Å²) in [6, 6.07) is 6.94. The van der Waals surface area contributed by atoms with Gasteiger partial charge in [-0.3, -0.25) is 4.79 Å². The highest BCUT2D eigenvalue weighted by Gasteiger charge is 2.41. The number of carbonyl (C=O) groups is 2. The molecule has 0 radical (unpaired) electrons. The van der Waals surface area contributed by atoms with Gasteiger partial charge in [0.25, 0.3) is 0 Å². The lowest BCUT2D eigenvalue weighted by Crippen LogP contribution is -2.41. The van der Waals surface area contributed by atoms with Crippen LogP contribution in [0.4, 0.5) is 0 Å². The fourth-order valence-corrected chi connectivity index (χ4v) is 4.80. The highest BCUT2D eigenvalue weighted by Crippen LogP contribution is 2.48. The van der Waals surface area contributed by atoms with E-state index in [0.717, 1.165) is 37.7 Å². The molecule has 2 atom stereocenters. The SMILES string of the molecule is CCCC1([C@H](O)CC=C[C@H]2CCC(=O)N2CCc2ccc(C(=O)O)cc2)CCC1. The molecule has 1 amide bonds. The second-order valence-corrected chi connectivity index (χ2v) is 8.59. The van der Waals surface area contributed by atoms with Crippen molar-refractivity contribution >= 4 is 11.9 Å². The lowest BCUT2D eigenvalue weighted by Gasteiger charge is -2.45. The lowest BCUT2D eigenvalue weighted by molar-refractivity contribution is -0.128. The van der Waals surface area contributed by atoms with Crippen LogP contribution in [0.5, 0.6) is 0 Å². The lowest BCUT2D eigenvalue weighted by atomic mass is 9.62. The Morgan fingerprint density at radius 1 is 1.31 bits per heavy atom. The van der Waals surface area contributed by atoms with E-state index in [2.05, 4.69) is 19.1 Å². The maximum absolute atomic E-state index is 12.3. The molecule has 5 heteroatoms. The van der Waals surface area contributed by atoms with Gasteiger partial charge in [0.15, 0.2) is 0 Å². The first-order valence-electron chi connectivity index (χ1n) is 10.9. The van der Waals surface area contributed by atoms with Crippen molar-refractivity contribution in [3.63, 3.8) is 0 Å². The summed E-state index contributed by atoms with van der Waals surface area (Å²) >= 11 is 0. The molecule has 1 saturated carbocycles. The van der Waals surface area contributed by atoms with Gasteiger partial charge >= 0.3 is 5.97 Å². The Morgan fingerprint density at radius 2 is 2.03 bits per heavy atom. The van der Waals surface area contributed by atoms with Crippen LogP contribution in [0.1, 0.15) is 74.2 Å². The van der Waals surface area contributed by atoms with E-state index in [-0.39, 0.29) is 29.0 Å². The third-order valence-electron chi connectivity index (χ3n) is 6.74. The summed E-state index contributed by atoms with van der Waals surface area (Å²) in [6.45, 7) is 2.81. The molecule has 0 aromatic heterocycles. The van der Waals surface area contributed by atoms with Crippen LogP contribution in [-0.2, 0) is 11.2 Å². The summed E-state index contributed by atoms with van der Waals surface area (Å²) in [5.74, 6) is -0.759. The van der Waals surface area contributed by atoms with E-state index < -0.39 is 5.97 Å². The molecule has 2 fully saturated rings. The molecule has 5 nitrogen and oxygen atoms in total. The normalized spacial score (nSPS) is 22.1. The topological polar surface area (TPSA) is 77.8 Å². The molecular weight excluding hydrogens is 366 g/mol. The minimum Gasteiger partial charge on any atom is -0.478 e. The number of carboxylic acids is 1. The average Bonchev–Trinajstić information content (AvgIpc) is 3.02. The number of benzene rings is 1. The van der Waals surface area contributed by atoms with Gasteiger partial charge in [0.1, 0.15) is 0 Å². The largest absolute Gasteiger partial charge is 0.478 e. The maximum Gasteiger partial charge on any atom is 0.335 e. The Morgan fingerprint density at radius 3 is 2.62 bits per heavy atom. The average molecular weight is 400 g/mol. The summed E-state index contributed by atoms with van der Waals surface area (Å²) in [6.07, 6.45) is 12.3. The molecule has 1 heterocycles. The molecule has 2 N–H and O–H groups in total. The van der Waals surface area contributed by atoms with Crippen molar-refractivity contribution in [3.05, 3.63) is 47.5 Å². The van der Waals surface area contributed by atoms with Crippen LogP contribution >= 0.6 is 0 Å². The van der Waals surface area contributed by atoms with Gasteiger partial charge < -0.3 is 15.1 Å². The first-order chi connectivity index (χ1) is 13.9. The number of likely N-dealkylation sites (tertiary alicyclic amines) is 1. The molecule has 3 rings (SSSR count). The van der Waals surface area contributed by atoms with Crippen LogP contribution in [-0.4, -0.2) is 45.7 Å². The van der Waals surface area contributed by atoms with Gasteiger partial charge in [-0.2, -0.15) is 0 Å². The third kappa shape index (κ3) is 5.08. The first kappa shape index (κ1) is 21.6. The number of amides is 1. The molecule has 2 aliphatic rings. The number of hydrogen-bond acceptors (Lipinski definition) is 3. The van der Waals surface area contributed by atoms with Crippen molar-refractivity contribution in [2.45, 2.75) is 76.9 Å². The molecule has 1 aliphatic heterocycles. The van der Waals surface area contributed by atoms with Gasteiger partial charge in [-0.25, -0.2) is 4.79 Å². The van der Waals surface area contributed by atoms with Crippen molar-refractivity contribution in [2.75, 3.05) is 6.54 Å². The van der Waals surface area contributed by atoms with Crippen molar-refractivity contribution in [1.29, 1.82) is 0 Å². The minimum absolute atomic E-state index is 0.0940. The van der Waals surface area contributed by atoms with E-state index in [0.29, 0.717) is 25.8 Å². The Kier molecular flexibility index (Phi) is 7.12. The van der Waals surface area contributed by atoms with E-state index in [1.165, 1.54) is 6.42 Å². The molecule has 158 valence electrons. The number of aliphatic hydroxyl groups excluding tert-OH is 1. The van der Waals surface area contributed by atoms with Crippen molar-refractivity contribution in [3.8, 4) is 0 Å². The van der Waals surface area contributed by atoms with Crippen LogP contribution in [0.15, 0.2) is 36.4 Å². The van der Waals surface area contributed by atoms with E-state index in [4.69, 9.17) is 5.11 Å². The van der Waals surface area contributed by atoms with E-state index >= 15 is 0 Å². The number of carboxylic acid groups (broad SMARTS) is 1. The molecule has 1 saturated heterocycles. The zero-order chi connectivity index (χ0) is 20.9. The minimum atomic E-state index is -0.929. The van der Waals surface area contributed by atoms with E-state index in [9.17, 15) is 14.7 Å². The van der Waals surface area contributed by atoms with Crippen LogP contribution in [0.2, 0.25) is 0 Å². The highest BCUT2D eigenvalue weighted by molar-refractivity contribution is 5.87. The molecule has 1 aromatic rings. The number of aromatic carboxylic acids is 1. The zero-order valence-electron chi connectivity index (χ0n) is 17.3. The Bertz CT molecular complexity index is 736. The van der Waals surface area contributed by atoms with Crippen molar-refractivity contribution < 1.29 is 19.8 Å². The predicted molar refractivity (Wildman–Crippen MR) is 113 cm³/mol. The Labute approximate surface area is 173 Å². The summed E-state index contributed by atoms with van der Waals surface area (Å²) in [7, 11) is 0. The van der Waals surface area contributed by atoms with Crippen LogP contribution < -0.4 is 0 Å². The molecule has 0 spiro atoms. The first-order valence-corrected chi connectivity index (χ1v) is 10.9. The van der Waals surface area contributed by atoms with Gasteiger partial charge in [0.05, 0.1) is 17.7 Å². The van der Waals surface area contributed by atoms with Crippen LogP contribution in [0.3, 0.4) is 0 Å². The summed E-state index contributed by atoms with van der Waals surface area (Å²) in [5.41, 5.74) is 1.42. The molecule has 0 unspecified atom stereocenters. The van der Waals surface area contributed by atoms with Crippen molar-refractivity contribution in [1.82, 2.24) is 4.90 Å². The van der Waals surface area contributed by atoms with Gasteiger partial charge in [0, 0.05) is 13.0 Å². The fourth-order valence-electron chi connectivity index (χ4n) is 4.80. The highest BCUT2D eigenvalue weighted by atomic mass is 16.4. The van der Waals surface area contributed by atoms with Crippen molar-refractivity contribution in [2.24, 2.45) is 5.41 Å². The smallest absolute Gasteiger partial charge is 0.335 e. The summed E-state index contributed by atoms with van der Waals surface area (Å²) in [5, 5.41) is 19.7. The predicted octanol–water partition coefficient (Wildman–Crippen LogP) is 4.20. The third-order valence-corrected chi connectivity index (χ3v) is 6.74. The number of nitrogens with zero attached hydrogens (tertiary/aromatic N) is 1. The number of rotatable bonds is 10. The van der Waals surface area contributed by atoms with Crippen LogP contribution in [0.25, 0.3) is 0 Å². The van der Waals surface area contributed by atoms with Gasteiger partial charge in [-0.1, -0.05) is 44.1 Å². The standard InChI is InChI=1S/C24H33NO4/c1-2-14-24(15-4-16-24)21(26)6-3-5-20-11-12-22(27)25(20)17-13-18-7-9-19(10-8-18)23(28)29/h3,5,7-10,20-21,26H,2,4,6,11-17H2,1H3,(H,28,29)/t20-,21+/m0/s1. The summed E-state index contributed by atoms with van der Waals surface area (Å²) in [4.78, 5) is 25.2. The summed E-state index contributed by atoms with van der Waals surface area (Å²) < 4.78 is 0. The van der Waals surface area contributed by atoms with Gasteiger partial charge in [-0.15, -0.1) is 0 Å². The maximum atomic E-state index is 12.3. The number of hydrogen-bond donors (Lipinski definition) is 2.